The van der Waals surface area contributed by atoms with E-state index in [4.69, 9.17) is 4.74 Å². The minimum Gasteiger partial charge on any atom is -0.379 e. The Balaban J connectivity index is 1.42. The van der Waals surface area contributed by atoms with Gasteiger partial charge in [0.25, 0.3) is 5.91 Å². The van der Waals surface area contributed by atoms with Crippen molar-refractivity contribution in [3.05, 3.63) is 65.7 Å². The van der Waals surface area contributed by atoms with Crippen molar-refractivity contribution in [2.75, 3.05) is 44.3 Å². The van der Waals surface area contributed by atoms with Gasteiger partial charge in [-0.2, -0.15) is 13.2 Å². The molecule has 3 saturated heterocycles. The maximum atomic E-state index is 13.9. The number of likely N-dealkylation sites (tertiary alicyclic amines) is 1. The number of morpholine rings is 1. The highest BCUT2D eigenvalue weighted by molar-refractivity contribution is 5.99. The van der Waals surface area contributed by atoms with Crippen LogP contribution < -0.4 is 4.90 Å². The predicted molar refractivity (Wildman–Crippen MR) is 129 cm³/mol. The third-order valence-electron chi connectivity index (χ3n) is 7.84. The van der Waals surface area contributed by atoms with Gasteiger partial charge in [-0.25, -0.2) is 0 Å². The number of anilines is 1. The molecule has 3 aliphatic heterocycles. The molecule has 0 bridgehead atoms. The van der Waals surface area contributed by atoms with Crippen LogP contribution in [0.25, 0.3) is 0 Å². The number of hydrogen-bond acceptors (Lipinski definition) is 4. The van der Waals surface area contributed by atoms with Crippen LogP contribution in [0.3, 0.4) is 0 Å². The molecule has 3 aliphatic rings. The number of alkyl halides is 3. The number of piperidine rings is 2. The lowest BCUT2D eigenvalue weighted by Crippen LogP contribution is -2.68. The van der Waals surface area contributed by atoms with Crippen LogP contribution in [0.4, 0.5) is 18.9 Å². The molecule has 3 heterocycles. The van der Waals surface area contributed by atoms with Crippen molar-refractivity contribution >= 4 is 17.5 Å². The van der Waals surface area contributed by atoms with Gasteiger partial charge in [0.1, 0.15) is 0 Å². The normalized spacial score (nSPS) is 27.6. The molecule has 192 valence electrons. The summed E-state index contributed by atoms with van der Waals surface area (Å²) in [6, 6.07) is 13.7. The summed E-state index contributed by atoms with van der Waals surface area (Å²) in [6.45, 7) is 5.48. The Kier molecular flexibility index (Phi) is 6.78. The number of hydrogen-bond donors (Lipinski definition) is 0. The van der Waals surface area contributed by atoms with Gasteiger partial charge >= 0.3 is 6.18 Å². The van der Waals surface area contributed by atoms with Crippen molar-refractivity contribution in [3.63, 3.8) is 0 Å². The molecule has 5 rings (SSSR count). The van der Waals surface area contributed by atoms with Crippen LogP contribution >= 0.6 is 0 Å². The van der Waals surface area contributed by atoms with Gasteiger partial charge in [0.15, 0.2) is 0 Å². The predicted octanol–water partition coefficient (Wildman–Crippen LogP) is 3.92. The molecular formula is C27H30F3N3O3. The van der Waals surface area contributed by atoms with Crippen molar-refractivity contribution < 1.29 is 27.5 Å². The number of carbonyl (C=O) groups excluding carboxylic acids is 2. The summed E-state index contributed by atoms with van der Waals surface area (Å²) in [5.74, 6) is -0.161. The molecular weight excluding hydrogens is 471 g/mol. The number of halogens is 3. The van der Waals surface area contributed by atoms with E-state index in [2.05, 4.69) is 11.8 Å². The highest BCUT2D eigenvalue weighted by Gasteiger charge is 2.51. The quantitative estimate of drug-likeness (QED) is 0.640. The first-order valence-electron chi connectivity index (χ1n) is 12.4. The number of benzene rings is 2. The molecule has 0 saturated carbocycles. The molecule has 0 aliphatic carbocycles. The summed E-state index contributed by atoms with van der Waals surface area (Å²) in [5.41, 5.74) is 0.319. The zero-order valence-corrected chi connectivity index (χ0v) is 20.2. The van der Waals surface area contributed by atoms with Gasteiger partial charge < -0.3 is 14.5 Å². The van der Waals surface area contributed by atoms with Crippen LogP contribution in [0.15, 0.2) is 54.6 Å². The highest BCUT2D eigenvalue weighted by Crippen LogP contribution is 2.40. The maximum absolute atomic E-state index is 13.9. The van der Waals surface area contributed by atoms with Gasteiger partial charge in [-0.05, 0) is 48.7 Å². The molecule has 0 spiro atoms. The molecule has 2 aromatic carbocycles. The second-order valence-electron chi connectivity index (χ2n) is 9.84. The van der Waals surface area contributed by atoms with Gasteiger partial charge in [0.2, 0.25) is 5.91 Å². The van der Waals surface area contributed by atoms with E-state index in [0.717, 1.165) is 17.8 Å². The standard InChI is InChI=1S/C27H30F3N3O3/c1-18-22-17-32(25(34)19-7-9-20(10-8-19)27(28,29)30)12-11-23(22)33(21-5-3-2-4-6-21)26(35)24(18)31-13-15-36-16-14-31/h2-10,18,22-24H,11-17H2,1H3. The fraction of sp³-hybridized carbons (Fsp3) is 0.481. The van der Waals surface area contributed by atoms with E-state index in [-0.39, 0.29) is 41.3 Å². The van der Waals surface area contributed by atoms with Crippen molar-refractivity contribution in [1.29, 1.82) is 0 Å². The topological polar surface area (TPSA) is 53.1 Å². The zero-order chi connectivity index (χ0) is 25.4. The van der Waals surface area contributed by atoms with Gasteiger partial charge in [0, 0.05) is 49.4 Å². The number of ether oxygens (including phenoxy) is 1. The molecule has 0 aromatic heterocycles. The first-order chi connectivity index (χ1) is 17.3. The fourth-order valence-electron chi connectivity index (χ4n) is 5.99. The molecule has 0 N–H and O–H groups in total. The van der Waals surface area contributed by atoms with E-state index in [1.54, 1.807) is 4.90 Å². The van der Waals surface area contributed by atoms with E-state index in [0.29, 0.717) is 45.8 Å². The summed E-state index contributed by atoms with van der Waals surface area (Å²) in [5, 5.41) is 0. The largest absolute Gasteiger partial charge is 0.416 e. The average molecular weight is 502 g/mol. The first kappa shape index (κ1) is 24.8. The summed E-state index contributed by atoms with van der Waals surface area (Å²) < 4.78 is 44.4. The van der Waals surface area contributed by atoms with Crippen molar-refractivity contribution in [3.8, 4) is 0 Å². The highest BCUT2D eigenvalue weighted by atomic mass is 19.4. The van der Waals surface area contributed by atoms with Crippen LogP contribution in [0.5, 0.6) is 0 Å². The second kappa shape index (κ2) is 9.86. The Morgan fingerprint density at radius 3 is 2.28 bits per heavy atom. The number of fused-ring (bicyclic) bond motifs is 1. The van der Waals surface area contributed by atoms with E-state index in [9.17, 15) is 22.8 Å². The SMILES string of the molecule is CC1C2CN(C(=O)c3ccc(C(F)(F)F)cc3)CCC2N(c2ccccc2)C(=O)C1N1CCOCC1. The van der Waals surface area contributed by atoms with Crippen molar-refractivity contribution in [2.45, 2.75) is 31.6 Å². The molecule has 6 nitrogen and oxygen atoms in total. The first-order valence-corrected chi connectivity index (χ1v) is 12.4. The van der Waals surface area contributed by atoms with Crippen LogP contribution in [-0.2, 0) is 15.7 Å². The Morgan fingerprint density at radius 2 is 1.64 bits per heavy atom. The Morgan fingerprint density at radius 1 is 0.972 bits per heavy atom. The minimum atomic E-state index is -4.45. The number of carbonyl (C=O) groups is 2. The van der Waals surface area contributed by atoms with Gasteiger partial charge in [0.05, 0.1) is 24.8 Å². The smallest absolute Gasteiger partial charge is 0.379 e. The average Bonchev–Trinajstić information content (AvgIpc) is 2.89. The van der Waals surface area contributed by atoms with Crippen molar-refractivity contribution in [2.24, 2.45) is 11.8 Å². The molecule has 2 aromatic rings. The van der Waals surface area contributed by atoms with Gasteiger partial charge in [-0.15, -0.1) is 0 Å². The molecule has 36 heavy (non-hydrogen) atoms. The molecule has 4 atom stereocenters. The third kappa shape index (κ3) is 4.62. The summed E-state index contributed by atoms with van der Waals surface area (Å²) in [7, 11) is 0. The lowest BCUT2D eigenvalue weighted by Gasteiger charge is -2.54. The Bertz CT molecular complexity index is 1090. The fourth-order valence-corrected chi connectivity index (χ4v) is 5.99. The Hall–Kier alpha value is -2.91. The van der Waals surface area contributed by atoms with E-state index >= 15 is 0 Å². The number of rotatable bonds is 3. The third-order valence-corrected chi connectivity index (χ3v) is 7.84. The Labute approximate surface area is 208 Å². The van der Waals surface area contributed by atoms with Gasteiger partial charge in [-0.3, -0.25) is 14.5 Å². The lowest BCUT2D eigenvalue weighted by molar-refractivity contribution is -0.137. The van der Waals surface area contributed by atoms with Gasteiger partial charge in [-0.1, -0.05) is 25.1 Å². The molecule has 9 heteroatoms. The summed E-state index contributed by atoms with van der Waals surface area (Å²) in [6.07, 6.45) is -3.84. The monoisotopic (exact) mass is 501 g/mol. The number of nitrogens with zero attached hydrogens (tertiary/aromatic N) is 3. The van der Waals surface area contributed by atoms with E-state index in [1.807, 2.05) is 35.2 Å². The van der Waals surface area contributed by atoms with E-state index in [1.165, 1.54) is 12.1 Å². The number of para-hydroxylation sites is 1. The molecule has 0 radical (unpaired) electrons. The second-order valence-corrected chi connectivity index (χ2v) is 9.84. The summed E-state index contributed by atoms with van der Waals surface area (Å²) >= 11 is 0. The maximum Gasteiger partial charge on any atom is 0.416 e. The van der Waals surface area contributed by atoms with Crippen LogP contribution in [0, 0.1) is 11.8 Å². The minimum absolute atomic E-state index is 0.00349. The lowest BCUT2D eigenvalue weighted by atomic mass is 9.73. The van der Waals surface area contributed by atoms with Crippen molar-refractivity contribution in [1.82, 2.24) is 9.80 Å². The van der Waals surface area contributed by atoms with Crippen LogP contribution in [-0.4, -0.2) is 73.1 Å². The molecule has 2 amide bonds. The zero-order valence-electron chi connectivity index (χ0n) is 20.2. The van der Waals surface area contributed by atoms with E-state index < -0.39 is 11.7 Å². The molecule has 4 unspecified atom stereocenters. The van der Waals surface area contributed by atoms with Crippen LogP contribution in [0.1, 0.15) is 29.3 Å². The summed E-state index contributed by atoms with van der Waals surface area (Å²) in [4.78, 5) is 33.0. The number of amides is 2. The van der Waals surface area contributed by atoms with Crippen LogP contribution in [0.2, 0.25) is 0 Å². The molecule has 3 fully saturated rings.